The van der Waals surface area contributed by atoms with Crippen LogP contribution in [0.25, 0.3) is 0 Å². The first kappa shape index (κ1) is 12.3. The third-order valence-electron chi connectivity index (χ3n) is 3.14. The van der Waals surface area contributed by atoms with Crippen molar-refractivity contribution in [2.75, 3.05) is 0 Å². The fourth-order valence-corrected chi connectivity index (χ4v) is 1.76. The second kappa shape index (κ2) is 6.62. The molecule has 0 amide bonds. The van der Waals surface area contributed by atoms with Crippen molar-refractivity contribution in [2.45, 2.75) is 45.6 Å². The van der Waals surface area contributed by atoms with Gasteiger partial charge >= 0.3 is 0 Å². The van der Waals surface area contributed by atoms with Gasteiger partial charge in [0.25, 0.3) is 0 Å². The molecule has 0 fully saturated rings. The maximum absolute atomic E-state index is 6.12. The number of hydrogen-bond donors (Lipinski definition) is 1. The molecule has 0 heterocycles. The first-order valence-electron chi connectivity index (χ1n) is 6.04. The molecule has 0 bridgehead atoms. The van der Waals surface area contributed by atoms with E-state index in [2.05, 4.69) is 38.1 Å². The van der Waals surface area contributed by atoms with Crippen LogP contribution in [0.5, 0.6) is 0 Å². The zero-order chi connectivity index (χ0) is 11.1. The largest absolute Gasteiger partial charge is 0.324 e. The van der Waals surface area contributed by atoms with Gasteiger partial charge < -0.3 is 5.73 Å². The molecular weight excluding hydrogens is 182 g/mol. The van der Waals surface area contributed by atoms with Gasteiger partial charge in [-0.05, 0) is 17.9 Å². The third kappa shape index (κ3) is 4.48. The molecule has 0 aliphatic carbocycles. The Hall–Kier alpha value is -0.820. The van der Waals surface area contributed by atoms with Gasteiger partial charge in [-0.15, -0.1) is 0 Å². The van der Waals surface area contributed by atoms with Crippen molar-refractivity contribution >= 4 is 0 Å². The molecule has 1 heteroatoms. The molecule has 0 saturated heterocycles. The van der Waals surface area contributed by atoms with Crippen molar-refractivity contribution < 1.29 is 0 Å². The van der Waals surface area contributed by atoms with Crippen LogP contribution in [-0.2, 0) is 0 Å². The van der Waals surface area contributed by atoms with E-state index in [4.69, 9.17) is 5.73 Å². The van der Waals surface area contributed by atoms with Gasteiger partial charge in [0.15, 0.2) is 0 Å². The Bertz CT molecular complexity index is 255. The molecule has 0 aromatic heterocycles. The van der Waals surface area contributed by atoms with E-state index >= 15 is 0 Å². The van der Waals surface area contributed by atoms with E-state index in [1.54, 1.807) is 0 Å². The lowest BCUT2D eigenvalue weighted by atomic mass is 9.97. The summed E-state index contributed by atoms with van der Waals surface area (Å²) in [7, 11) is 0. The normalized spacial score (nSPS) is 14.9. The smallest absolute Gasteiger partial charge is 0.0294 e. The summed E-state index contributed by atoms with van der Waals surface area (Å²) in [6.45, 7) is 4.57. The van der Waals surface area contributed by atoms with Crippen LogP contribution in [0.4, 0.5) is 0 Å². The lowest BCUT2D eigenvalue weighted by molar-refractivity contribution is 0.465. The summed E-state index contributed by atoms with van der Waals surface area (Å²) in [5, 5.41) is 0. The summed E-state index contributed by atoms with van der Waals surface area (Å²) in [5.74, 6) is 0.841. The third-order valence-corrected chi connectivity index (χ3v) is 3.14. The van der Waals surface area contributed by atoms with Crippen LogP contribution in [-0.4, -0.2) is 0 Å². The Balaban J connectivity index is 2.28. The predicted molar refractivity (Wildman–Crippen MR) is 66.7 cm³/mol. The average molecular weight is 205 g/mol. The summed E-state index contributed by atoms with van der Waals surface area (Å²) >= 11 is 0. The molecule has 1 aromatic rings. The maximum Gasteiger partial charge on any atom is 0.0294 e. The van der Waals surface area contributed by atoms with Crippen molar-refractivity contribution in [1.29, 1.82) is 0 Å². The first-order valence-corrected chi connectivity index (χ1v) is 6.04. The van der Waals surface area contributed by atoms with Crippen LogP contribution in [0.1, 0.15) is 51.1 Å². The predicted octanol–water partition coefficient (Wildman–Crippen LogP) is 3.90. The van der Waals surface area contributed by atoms with Gasteiger partial charge in [0.2, 0.25) is 0 Å². The highest BCUT2D eigenvalue weighted by Gasteiger charge is 2.05. The van der Waals surface area contributed by atoms with Crippen LogP contribution >= 0.6 is 0 Å². The average Bonchev–Trinajstić information content (AvgIpc) is 2.29. The monoisotopic (exact) mass is 205 g/mol. The van der Waals surface area contributed by atoms with Crippen molar-refractivity contribution in [2.24, 2.45) is 11.7 Å². The van der Waals surface area contributed by atoms with Crippen molar-refractivity contribution in [1.82, 2.24) is 0 Å². The Morgan fingerprint density at radius 1 is 1.13 bits per heavy atom. The molecular formula is C14H23N. The highest BCUT2D eigenvalue weighted by molar-refractivity contribution is 5.18. The Morgan fingerprint density at radius 3 is 2.40 bits per heavy atom. The van der Waals surface area contributed by atoms with Crippen molar-refractivity contribution in [3.8, 4) is 0 Å². The minimum Gasteiger partial charge on any atom is -0.324 e. The molecule has 1 rings (SSSR count). The van der Waals surface area contributed by atoms with Gasteiger partial charge in [-0.1, -0.05) is 63.4 Å². The van der Waals surface area contributed by atoms with E-state index in [9.17, 15) is 0 Å². The first-order chi connectivity index (χ1) is 7.24. The summed E-state index contributed by atoms with van der Waals surface area (Å²) in [4.78, 5) is 0. The Labute approximate surface area is 93.7 Å². The molecule has 0 spiro atoms. The lowest BCUT2D eigenvalue weighted by Gasteiger charge is -2.13. The van der Waals surface area contributed by atoms with E-state index in [1.165, 1.54) is 24.8 Å². The van der Waals surface area contributed by atoms with Crippen LogP contribution in [0.2, 0.25) is 0 Å². The van der Waals surface area contributed by atoms with Crippen LogP contribution in [0.3, 0.4) is 0 Å². The fraction of sp³-hybridized carbons (Fsp3) is 0.571. The van der Waals surface area contributed by atoms with E-state index in [0.717, 1.165) is 12.3 Å². The minimum absolute atomic E-state index is 0.218. The molecule has 0 aliphatic heterocycles. The minimum atomic E-state index is 0.218. The highest BCUT2D eigenvalue weighted by atomic mass is 14.6. The zero-order valence-corrected chi connectivity index (χ0v) is 9.95. The maximum atomic E-state index is 6.12. The molecule has 2 N–H and O–H groups in total. The topological polar surface area (TPSA) is 26.0 Å². The van der Waals surface area contributed by atoms with Crippen molar-refractivity contribution in [3.05, 3.63) is 35.9 Å². The molecule has 1 aromatic carbocycles. The SMILES string of the molecule is CCC(C)CCCC(N)c1ccccc1. The molecule has 1 nitrogen and oxygen atoms in total. The van der Waals surface area contributed by atoms with Gasteiger partial charge in [0, 0.05) is 6.04 Å². The molecule has 84 valence electrons. The standard InChI is InChI=1S/C14H23N/c1-3-12(2)8-7-11-14(15)13-9-5-4-6-10-13/h4-6,9-10,12,14H,3,7-8,11,15H2,1-2H3. The van der Waals surface area contributed by atoms with E-state index in [-0.39, 0.29) is 6.04 Å². The molecule has 0 saturated carbocycles. The molecule has 0 aliphatic rings. The summed E-state index contributed by atoms with van der Waals surface area (Å²) in [5.41, 5.74) is 7.39. The van der Waals surface area contributed by atoms with E-state index in [0.29, 0.717) is 0 Å². The summed E-state index contributed by atoms with van der Waals surface area (Å²) in [6, 6.07) is 10.6. The van der Waals surface area contributed by atoms with Gasteiger partial charge in [0.05, 0.1) is 0 Å². The summed E-state index contributed by atoms with van der Waals surface area (Å²) in [6.07, 6.45) is 4.93. The van der Waals surface area contributed by atoms with Crippen molar-refractivity contribution in [3.63, 3.8) is 0 Å². The number of benzene rings is 1. The quantitative estimate of drug-likeness (QED) is 0.749. The molecule has 2 unspecified atom stereocenters. The molecule has 0 radical (unpaired) electrons. The van der Waals surface area contributed by atoms with Gasteiger partial charge in [-0.2, -0.15) is 0 Å². The summed E-state index contributed by atoms with van der Waals surface area (Å²) < 4.78 is 0. The number of hydrogen-bond acceptors (Lipinski definition) is 1. The van der Waals surface area contributed by atoms with Gasteiger partial charge in [0.1, 0.15) is 0 Å². The second-order valence-corrected chi connectivity index (χ2v) is 4.46. The zero-order valence-electron chi connectivity index (χ0n) is 9.95. The van der Waals surface area contributed by atoms with Crippen LogP contribution in [0, 0.1) is 5.92 Å². The van der Waals surface area contributed by atoms with Crippen LogP contribution < -0.4 is 5.73 Å². The van der Waals surface area contributed by atoms with E-state index < -0.39 is 0 Å². The fourth-order valence-electron chi connectivity index (χ4n) is 1.76. The van der Waals surface area contributed by atoms with Gasteiger partial charge in [-0.3, -0.25) is 0 Å². The second-order valence-electron chi connectivity index (χ2n) is 4.46. The molecule has 2 atom stereocenters. The highest BCUT2D eigenvalue weighted by Crippen LogP contribution is 2.19. The van der Waals surface area contributed by atoms with Gasteiger partial charge in [-0.25, -0.2) is 0 Å². The Kier molecular flexibility index (Phi) is 5.41. The number of rotatable bonds is 6. The Morgan fingerprint density at radius 2 is 1.80 bits per heavy atom. The lowest BCUT2D eigenvalue weighted by Crippen LogP contribution is -2.10. The number of nitrogens with two attached hydrogens (primary N) is 1. The molecule has 15 heavy (non-hydrogen) atoms. The van der Waals surface area contributed by atoms with Crippen LogP contribution in [0.15, 0.2) is 30.3 Å². The van der Waals surface area contributed by atoms with E-state index in [1.807, 2.05) is 6.07 Å².